The summed E-state index contributed by atoms with van der Waals surface area (Å²) < 4.78 is 10.9. The number of hydrogen-bond acceptors (Lipinski definition) is 4. The first-order valence-electron chi connectivity index (χ1n) is 18.4. The minimum Gasteiger partial charge on any atom is -0.466 e. The van der Waals surface area contributed by atoms with E-state index < -0.39 is 0 Å². The van der Waals surface area contributed by atoms with Crippen LogP contribution in [0.2, 0.25) is 0 Å². The first-order valence-corrected chi connectivity index (χ1v) is 18.4. The minimum atomic E-state index is -0.0436. The van der Waals surface area contributed by atoms with E-state index in [0.717, 1.165) is 44.9 Å². The molecule has 0 rings (SSSR count). The summed E-state index contributed by atoms with van der Waals surface area (Å²) in [6, 6.07) is 0. The quantitative estimate of drug-likeness (QED) is 0.0572. The van der Waals surface area contributed by atoms with Crippen LogP contribution in [0.25, 0.3) is 0 Å². The number of carbonyl (C=O) groups is 2. The van der Waals surface area contributed by atoms with Gasteiger partial charge in [0.1, 0.15) is 0 Å². The Bertz CT molecular complexity index is 501. The molecule has 4 nitrogen and oxygen atoms in total. The lowest BCUT2D eigenvalue weighted by Crippen LogP contribution is -2.09. The van der Waals surface area contributed by atoms with Gasteiger partial charge < -0.3 is 9.47 Å². The molecule has 0 bridgehead atoms. The van der Waals surface area contributed by atoms with Crippen LogP contribution >= 0.6 is 0 Å². The van der Waals surface area contributed by atoms with Crippen molar-refractivity contribution in [2.45, 2.75) is 207 Å². The second-order valence-corrected chi connectivity index (χ2v) is 12.6. The lowest BCUT2D eigenvalue weighted by Gasteiger charge is -2.14. The Hall–Kier alpha value is -1.06. The second-order valence-electron chi connectivity index (χ2n) is 12.6. The predicted octanol–water partition coefficient (Wildman–Crippen LogP) is 12.1. The Morgan fingerprint density at radius 1 is 0.415 bits per heavy atom. The highest BCUT2D eigenvalue weighted by Crippen LogP contribution is 2.20. The molecule has 0 saturated heterocycles. The zero-order valence-electron chi connectivity index (χ0n) is 28.1. The Kier molecular flexibility index (Phi) is 32.6. The van der Waals surface area contributed by atoms with E-state index in [-0.39, 0.29) is 11.9 Å². The first-order chi connectivity index (χ1) is 20.1. The predicted molar refractivity (Wildman–Crippen MR) is 176 cm³/mol. The van der Waals surface area contributed by atoms with Crippen LogP contribution in [-0.4, -0.2) is 25.2 Å². The summed E-state index contributed by atoms with van der Waals surface area (Å²) in [5, 5.41) is 0. The summed E-state index contributed by atoms with van der Waals surface area (Å²) in [5.74, 6) is 0.490. The van der Waals surface area contributed by atoms with E-state index in [9.17, 15) is 9.59 Å². The lowest BCUT2D eigenvalue weighted by atomic mass is 9.93. The highest BCUT2D eigenvalue weighted by molar-refractivity contribution is 5.69. The van der Waals surface area contributed by atoms with E-state index in [1.54, 1.807) is 0 Å². The average Bonchev–Trinajstić information content (AvgIpc) is 2.97. The molecular weight excluding hydrogens is 508 g/mol. The fourth-order valence-corrected chi connectivity index (χ4v) is 5.67. The van der Waals surface area contributed by atoms with Crippen LogP contribution in [0.5, 0.6) is 0 Å². The van der Waals surface area contributed by atoms with Crippen molar-refractivity contribution in [3.63, 3.8) is 0 Å². The zero-order chi connectivity index (χ0) is 30.1. The van der Waals surface area contributed by atoms with Crippen molar-refractivity contribution in [3.05, 3.63) is 0 Å². The molecule has 0 aliphatic rings. The van der Waals surface area contributed by atoms with Gasteiger partial charge in [-0.25, -0.2) is 0 Å². The third-order valence-electron chi connectivity index (χ3n) is 8.59. The van der Waals surface area contributed by atoms with Gasteiger partial charge in [-0.2, -0.15) is 0 Å². The van der Waals surface area contributed by atoms with E-state index in [4.69, 9.17) is 9.47 Å². The summed E-state index contributed by atoms with van der Waals surface area (Å²) >= 11 is 0. The van der Waals surface area contributed by atoms with Crippen LogP contribution in [0, 0.1) is 5.92 Å². The Labute approximate surface area is 256 Å². The summed E-state index contributed by atoms with van der Waals surface area (Å²) in [4.78, 5) is 24.1. The molecule has 41 heavy (non-hydrogen) atoms. The molecule has 244 valence electrons. The Balaban J connectivity index is 3.50. The van der Waals surface area contributed by atoms with Crippen molar-refractivity contribution >= 4 is 11.9 Å². The Morgan fingerprint density at radius 2 is 0.707 bits per heavy atom. The Morgan fingerprint density at radius 3 is 1.00 bits per heavy atom. The minimum absolute atomic E-state index is 0.0436. The molecule has 0 N–H and O–H groups in total. The molecule has 0 spiro atoms. The highest BCUT2D eigenvalue weighted by atomic mass is 16.5. The van der Waals surface area contributed by atoms with Gasteiger partial charge in [0, 0.05) is 12.8 Å². The van der Waals surface area contributed by atoms with Crippen LogP contribution in [0.3, 0.4) is 0 Å². The monoisotopic (exact) mass is 581 g/mol. The van der Waals surface area contributed by atoms with Gasteiger partial charge in [0.25, 0.3) is 0 Å². The first kappa shape index (κ1) is 39.9. The molecule has 0 amide bonds. The average molecular weight is 581 g/mol. The number of esters is 2. The molecule has 0 radical (unpaired) electrons. The molecule has 4 heteroatoms. The van der Waals surface area contributed by atoms with E-state index in [2.05, 4.69) is 20.8 Å². The van der Waals surface area contributed by atoms with E-state index in [0.29, 0.717) is 32.0 Å². The van der Waals surface area contributed by atoms with Crippen LogP contribution in [0.15, 0.2) is 0 Å². The standard InChI is InChI=1S/C37H72O4/c1-4-7-9-11-13-15-17-19-21-23-25-33-40-36(38)31-27-29-35(6-3)30-28-32-37(39)41-34-26-24-22-20-18-16-14-12-10-8-5-2/h35H,4-34H2,1-3H3. The molecule has 0 aliphatic carbocycles. The number of ether oxygens (including phenoxy) is 2. The molecule has 0 aromatic rings. The van der Waals surface area contributed by atoms with E-state index in [1.807, 2.05) is 0 Å². The maximum absolute atomic E-state index is 12.1. The molecular formula is C37H72O4. The third-order valence-corrected chi connectivity index (χ3v) is 8.59. The van der Waals surface area contributed by atoms with Crippen molar-refractivity contribution in [2.75, 3.05) is 13.2 Å². The topological polar surface area (TPSA) is 52.6 Å². The fraction of sp³-hybridized carbons (Fsp3) is 0.946. The second kappa shape index (κ2) is 33.4. The van der Waals surface area contributed by atoms with Gasteiger partial charge in [0.2, 0.25) is 0 Å². The largest absolute Gasteiger partial charge is 0.466 e. The third kappa shape index (κ3) is 31.7. The summed E-state index contributed by atoms with van der Waals surface area (Å²) in [5.41, 5.74) is 0. The molecule has 0 aliphatic heterocycles. The van der Waals surface area contributed by atoms with Crippen molar-refractivity contribution in [1.29, 1.82) is 0 Å². The number of unbranched alkanes of at least 4 members (excludes halogenated alkanes) is 20. The van der Waals surface area contributed by atoms with Gasteiger partial charge in [0.05, 0.1) is 13.2 Å². The maximum Gasteiger partial charge on any atom is 0.305 e. The van der Waals surface area contributed by atoms with Gasteiger partial charge >= 0.3 is 11.9 Å². The lowest BCUT2D eigenvalue weighted by molar-refractivity contribution is -0.144. The van der Waals surface area contributed by atoms with Gasteiger partial charge in [-0.05, 0) is 44.4 Å². The van der Waals surface area contributed by atoms with Crippen molar-refractivity contribution < 1.29 is 19.1 Å². The molecule has 0 heterocycles. The fourth-order valence-electron chi connectivity index (χ4n) is 5.67. The van der Waals surface area contributed by atoms with Gasteiger partial charge in [-0.15, -0.1) is 0 Å². The van der Waals surface area contributed by atoms with Crippen LogP contribution in [0.4, 0.5) is 0 Å². The maximum atomic E-state index is 12.1. The van der Waals surface area contributed by atoms with E-state index in [1.165, 1.54) is 128 Å². The molecule has 0 atom stereocenters. The van der Waals surface area contributed by atoms with Crippen molar-refractivity contribution in [1.82, 2.24) is 0 Å². The highest BCUT2D eigenvalue weighted by Gasteiger charge is 2.11. The molecule has 0 aromatic heterocycles. The van der Waals surface area contributed by atoms with Crippen LogP contribution < -0.4 is 0 Å². The normalized spacial score (nSPS) is 11.3. The van der Waals surface area contributed by atoms with Gasteiger partial charge in [-0.3, -0.25) is 9.59 Å². The molecule has 0 saturated carbocycles. The molecule has 0 fully saturated rings. The SMILES string of the molecule is CCCCCCCCCCCCCOC(=O)CCCC(CC)CCCC(=O)OCCCCCCCCCCCCC. The summed E-state index contributed by atoms with van der Waals surface area (Å²) in [7, 11) is 0. The smallest absolute Gasteiger partial charge is 0.305 e. The molecule has 0 unspecified atom stereocenters. The molecule has 0 aromatic carbocycles. The van der Waals surface area contributed by atoms with Crippen molar-refractivity contribution in [3.8, 4) is 0 Å². The van der Waals surface area contributed by atoms with Crippen molar-refractivity contribution in [2.24, 2.45) is 5.92 Å². The van der Waals surface area contributed by atoms with Crippen LogP contribution in [0.1, 0.15) is 207 Å². The van der Waals surface area contributed by atoms with E-state index >= 15 is 0 Å². The van der Waals surface area contributed by atoms with Crippen LogP contribution in [-0.2, 0) is 19.1 Å². The number of rotatable bonds is 33. The zero-order valence-corrected chi connectivity index (χ0v) is 28.1. The summed E-state index contributed by atoms with van der Waals surface area (Å²) in [6.07, 6.45) is 34.7. The van der Waals surface area contributed by atoms with Gasteiger partial charge in [0.15, 0.2) is 0 Å². The summed E-state index contributed by atoms with van der Waals surface area (Å²) in [6.45, 7) is 7.90. The number of hydrogen-bond donors (Lipinski definition) is 0. The van der Waals surface area contributed by atoms with Gasteiger partial charge in [-0.1, -0.05) is 156 Å². The number of carbonyl (C=O) groups excluding carboxylic acids is 2.